The molecule has 150 valence electrons. The summed E-state index contributed by atoms with van der Waals surface area (Å²) < 4.78 is 5.53. The summed E-state index contributed by atoms with van der Waals surface area (Å²) in [5, 5.41) is 12.8. The molecule has 0 unspecified atom stereocenters. The first-order chi connectivity index (χ1) is 14.0. The van der Waals surface area contributed by atoms with Gasteiger partial charge in [0.25, 0.3) is 5.91 Å². The van der Waals surface area contributed by atoms with E-state index >= 15 is 0 Å². The number of benzene rings is 2. The van der Waals surface area contributed by atoms with Gasteiger partial charge in [-0.25, -0.2) is 0 Å². The van der Waals surface area contributed by atoms with Gasteiger partial charge in [0.2, 0.25) is 0 Å². The van der Waals surface area contributed by atoms with E-state index in [1.807, 2.05) is 37.3 Å². The van der Waals surface area contributed by atoms with Crippen molar-refractivity contribution < 1.29 is 9.53 Å². The number of carbonyl (C=O) groups is 1. The van der Waals surface area contributed by atoms with Crippen molar-refractivity contribution in [1.82, 2.24) is 0 Å². The molecule has 1 amide bonds. The highest BCUT2D eigenvalue weighted by molar-refractivity contribution is 6.31. The third kappa shape index (κ3) is 5.10. The number of ether oxygens (including phenoxy) is 1. The van der Waals surface area contributed by atoms with Crippen LogP contribution in [0.2, 0.25) is 5.02 Å². The summed E-state index contributed by atoms with van der Waals surface area (Å²) in [7, 11) is 1.59. The van der Waals surface area contributed by atoms with Crippen LogP contribution in [0.1, 0.15) is 30.4 Å². The smallest absolute Gasteiger partial charge is 0.266 e. The van der Waals surface area contributed by atoms with Gasteiger partial charge >= 0.3 is 0 Å². The molecule has 6 heteroatoms. The molecule has 0 radical (unpaired) electrons. The van der Waals surface area contributed by atoms with E-state index in [1.54, 1.807) is 25.3 Å². The summed E-state index contributed by atoms with van der Waals surface area (Å²) in [5.41, 5.74) is 3.21. The quantitative estimate of drug-likeness (QED) is 0.545. The zero-order valence-electron chi connectivity index (χ0n) is 16.7. The minimum atomic E-state index is -0.486. The first kappa shape index (κ1) is 20.8. The van der Waals surface area contributed by atoms with Crippen LogP contribution in [0.15, 0.2) is 42.0 Å². The van der Waals surface area contributed by atoms with Crippen LogP contribution in [0.25, 0.3) is 6.08 Å². The molecule has 0 spiro atoms. The third-order valence-electron chi connectivity index (χ3n) is 5.05. The topological polar surface area (TPSA) is 65.4 Å². The maximum atomic E-state index is 12.6. The Bertz CT molecular complexity index is 973. The number of anilines is 2. The van der Waals surface area contributed by atoms with Crippen LogP contribution in [-0.2, 0) is 4.79 Å². The first-order valence-electron chi connectivity index (χ1n) is 9.64. The average molecular weight is 410 g/mol. The lowest BCUT2D eigenvalue weighted by Gasteiger charge is -2.29. The summed E-state index contributed by atoms with van der Waals surface area (Å²) in [4.78, 5) is 15.0. The summed E-state index contributed by atoms with van der Waals surface area (Å²) >= 11 is 6.01. The molecule has 1 saturated heterocycles. The van der Waals surface area contributed by atoms with Gasteiger partial charge in [0, 0.05) is 41.1 Å². The van der Waals surface area contributed by atoms with Gasteiger partial charge in [-0.2, -0.15) is 5.26 Å². The van der Waals surface area contributed by atoms with Crippen molar-refractivity contribution in [2.75, 3.05) is 30.4 Å². The van der Waals surface area contributed by atoms with Gasteiger partial charge in [-0.05, 0) is 62.1 Å². The normalized spacial score (nSPS) is 14.3. The maximum Gasteiger partial charge on any atom is 0.266 e. The molecule has 0 atom stereocenters. The molecule has 1 N–H and O–H groups in total. The van der Waals surface area contributed by atoms with Gasteiger partial charge in [0.05, 0.1) is 7.11 Å². The minimum Gasteiger partial charge on any atom is -0.496 e. The van der Waals surface area contributed by atoms with E-state index in [0.717, 1.165) is 24.3 Å². The van der Waals surface area contributed by atoms with Gasteiger partial charge in [-0.1, -0.05) is 17.7 Å². The number of nitrogens with zero attached hydrogens (tertiary/aromatic N) is 2. The largest absolute Gasteiger partial charge is 0.496 e. The van der Waals surface area contributed by atoms with Gasteiger partial charge < -0.3 is 15.0 Å². The van der Waals surface area contributed by atoms with Gasteiger partial charge in [0.1, 0.15) is 17.4 Å². The molecule has 0 saturated carbocycles. The Hall–Kier alpha value is -2.97. The number of piperidine rings is 1. The minimum absolute atomic E-state index is 0.00611. The molecule has 3 rings (SSSR count). The van der Waals surface area contributed by atoms with Crippen LogP contribution < -0.4 is 15.0 Å². The average Bonchev–Trinajstić information content (AvgIpc) is 2.75. The predicted octanol–water partition coefficient (Wildman–Crippen LogP) is 5.19. The molecule has 2 aromatic rings. The Morgan fingerprint density at radius 3 is 2.66 bits per heavy atom. The molecule has 0 bridgehead atoms. The van der Waals surface area contributed by atoms with Crippen molar-refractivity contribution in [3.63, 3.8) is 0 Å². The summed E-state index contributed by atoms with van der Waals surface area (Å²) in [6.45, 7) is 3.93. The number of hydrogen-bond donors (Lipinski definition) is 1. The Balaban J connectivity index is 1.85. The number of nitriles is 1. The summed E-state index contributed by atoms with van der Waals surface area (Å²) in [6, 6.07) is 13.1. The lowest BCUT2D eigenvalue weighted by Crippen LogP contribution is -2.29. The van der Waals surface area contributed by atoms with E-state index in [-0.39, 0.29) is 5.57 Å². The number of nitrogens with one attached hydrogen (secondary N) is 1. The van der Waals surface area contributed by atoms with E-state index in [2.05, 4.69) is 10.2 Å². The molecule has 29 heavy (non-hydrogen) atoms. The van der Waals surface area contributed by atoms with Crippen LogP contribution >= 0.6 is 11.6 Å². The fourth-order valence-corrected chi connectivity index (χ4v) is 3.56. The molecule has 2 aromatic carbocycles. The number of amides is 1. The molecular weight excluding hydrogens is 386 g/mol. The summed E-state index contributed by atoms with van der Waals surface area (Å²) in [5.74, 6) is 0.146. The molecule has 1 fully saturated rings. The Morgan fingerprint density at radius 2 is 1.97 bits per heavy atom. The first-order valence-corrected chi connectivity index (χ1v) is 10.0. The van der Waals surface area contributed by atoms with Crippen LogP contribution in [0.4, 0.5) is 11.4 Å². The molecule has 0 aliphatic carbocycles. The number of aryl methyl sites for hydroxylation is 1. The highest BCUT2D eigenvalue weighted by Crippen LogP contribution is 2.29. The molecular formula is C23H24ClN3O2. The molecule has 1 heterocycles. The molecule has 1 aliphatic heterocycles. The second-order valence-electron chi connectivity index (χ2n) is 7.06. The highest BCUT2D eigenvalue weighted by atomic mass is 35.5. The zero-order valence-corrected chi connectivity index (χ0v) is 17.4. The van der Waals surface area contributed by atoms with Crippen LogP contribution in [0.5, 0.6) is 5.75 Å². The highest BCUT2D eigenvalue weighted by Gasteiger charge is 2.15. The van der Waals surface area contributed by atoms with Gasteiger partial charge in [-0.15, -0.1) is 0 Å². The standard InChI is InChI=1S/C23H24ClN3O2/c1-16-6-8-19(24)13-21(16)26-23(28)18(15-25)12-17-7-9-20(14-22(17)29-2)27-10-4-3-5-11-27/h6-9,12-14H,3-5,10-11H2,1-2H3,(H,26,28)/b18-12-. The lowest BCUT2D eigenvalue weighted by atomic mass is 10.1. The number of carbonyl (C=O) groups excluding carboxylic acids is 1. The number of rotatable bonds is 5. The number of methoxy groups -OCH3 is 1. The second kappa shape index (κ2) is 9.49. The van der Waals surface area contributed by atoms with Crippen LogP contribution in [-0.4, -0.2) is 26.1 Å². The Kier molecular flexibility index (Phi) is 6.79. The molecule has 5 nitrogen and oxygen atoms in total. The van der Waals surface area contributed by atoms with Crippen LogP contribution in [0.3, 0.4) is 0 Å². The van der Waals surface area contributed by atoms with Crippen molar-refractivity contribution in [2.45, 2.75) is 26.2 Å². The lowest BCUT2D eigenvalue weighted by molar-refractivity contribution is -0.112. The third-order valence-corrected chi connectivity index (χ3v) is 5.29. The van der Waals surface area contributed by atoms with E-state index in [0.29, 0.717) is 22.0 Å². The predicted molar refractivity (Wildman–Crippen MR) is 117 cm³/mol. The SMILES string of the molecule is COc1cc(N2CCCCC2)ccc1/C=C(/C#N)C(=O)Nc1cc(Cl)ccc1C. The Labute approximate surface area is 176 Å². The van der Waals surface area contributed by atoms with E-state index in [4.69, 9.17) is 16.3 Å². The molecule has 0 aromatic heterocycles. The van der Waals surface area contributed by atoms with Crippen molar-refractivity contribution >= 4 is 35.0 Å². The fraction of sp³-hybridized carbons (Fsp3) is 0.304. The Morgan fingerprint density at radius 1 is 1.21 bits per heavy atom. The van der Waals surface area contributed by atoms with Crippen LogP contribution in [0, 0.1) is 18.3 Å². The summed E-state index contributed by atoms with van der Waals surface area (Å²) in [6.07, 6.45) is 5.19. The second-order valence-corrected chi connectivity index (χ2v) is 7.49. The van der Waals surface area contributed by atoms with Crippen molar-refractivity contribution in [1.29, 1.82) is 5.26 Å². The van der Waals surface area contributed by atoms with Gasteiger partial charge in [-0.3, -0.25) is 4.79 Å². The monoisotopic (exact) mass is 409 g/mol. The zero-order chi connectivity index (χ0) is 20.8. The van der Waals surface area contributed by atoms with Crippen molar-refractivity contribution in [3.05, 3.63) is 58.1 Å². The van der Waals surface area contributed by atoms with Crippen molar-refractivity contribution in [2.24, 2.45) is 0 Å². The molecule has 1 aliphatic rings. The van der Waals surface area contributed by atoms with E-state index in [1.165, 1.54) is 19.3 Å². The van der Waals surface area contributed by atoms with Gasteiger partial charge in [0.15, 0.2) is 0 Å². The van der Waals surface area contributed by atoms with Crippen molar-refractivity contribution in [3.8, 4) is 11.8 Å². The van der Waals surface area contributed by atoms with E-state index < -0.39 is 5.91 Å². The van der Waals surface area contributed by atoms with E-state index in [9.17, 15) is 10.1 Å². The number of halogens is 1. The fourth-order valence-electron chi connectivity index (χ4n) is 3.39. The number of hydrogen-bond acceptors (Lipinski definition) is 4. The maximum absolute atomic E-state index is 12.6.